The van der Waals surface area contributed by atoms with Crippen LogP contribution in [0.1, 0.15) is 13.8 Å². The molecule has 1 saturated carbocycles. The molecule has 76 valence electrons. The molecule has 1 heterocycles. The Morgan fingerprint density at radius 2 is 2.00 bits per heavy atom. The van der Waals surface area contributed by atoms with E-state index in [0.29, 0.717) is 0 Å². The molecule has 2 aliphatic rings. The van der Waals surface area contributed by atoms with Crippen LogP contribution in [0.3, 0.4) is 0 Å². The van der Waals surface area contributed by atoms with Gasteiger partial charge < -0.3 is 20.1 Å². The van der Waals surface area contributed by atoms with Gasteiger partial charge in [-0.15, -0.1) is 0 Å². The summed E-state index contributed by atoms with van der Waals surface area (Å²) in [6, 6.07) is 0. The van der Waals surface area contributed by atoms with E-state index in [1.165, 1.54) is 0 Å². The van der Waals surface area contributed by atoms with Crippen molar-refractivity contribution < 1.29 is 20.1 Å². The molecule has 6 atom stereocenters. The third-order valence-electron chi connectivity index (χ3n) is 3.61. The highest BCUT2D eigenvalue weighted by atomic mass is 16.5. The van der Waals surface area contributed by atoms with Crippen LogP contribution in [0.2, 0.25) is 0 Å². The van der Waals surface area contributed by atoms with Crippen LogP contribution in [0.25, 0.3) is 0 Å². The normalized spacial score (nSPS) is 60.2. The van der Waals surface area contributed by atoms with Crippen LogP contribution in [-0.4, -0.2) is 45.8 Å². The van der Waals surface area contributed by atoms with Gasteiger partial charge in [0.15, 0.2) is 0 Å². The molecule has 0 amide bonds. The maximum atomic E-state index is 9.93. The Hall–Kier alpha value is -0.160. The molecule has 0 radical (unpaired) electrons. The molecule has 0 aromatic heterocycles. The molecule has 2 rings (SSSR count). The van der Waals surface area contributed by atoms with Gasteiger partial charge in [-0.05, 0) is 12.8 Å². The molecule has 1 saturated heterocycles. The second kappa shape index (κ2) is 2.67. The lowest BCUT2D eigenvalue weighted by Crippen LogP contribution is -2.46. The molecule has 4 heteroatoms. The summed E-state index contributed by atoms with van der Waals surface area (Å²) in [6.07, 6.45) is -1.37. The number of fused-ring (bicyclic) bond motifs is 1. The zero-order chi connectivity index (χ0) is 9.80. The SMILES string of the molecule is CC1C2C(O)C2(O)C(CO)O[C@@H]1C. The summed E-state index contributed by atoms with van der Waals surface area (Å²) in [5.41, 5.74) is -1.19. The summed E-state index contributed by atoms with van der Waals surface area (Å²) < 4.78 is 5.42. The number of aliphatic hydroxyl groups excluding tert-OH is 2. The Morgan fingerprint density at radius 3 is 2.54 bits per heavy atom. The highest BCUT2D eigenvalue weighted by Gasteiger charge is 2.73. The van der Waals surface area contributed by atoms with E-state index < -0.39 is 17.8 Å². The monoisotopic (exact) mass is 188 g/mol. The van der Waals surface area contributed by atoms with Gasteiger partial charge in [0.05, 0.1) is 18.8 Å². The number of hydrogen-bond donors (Lipinski definition) is 3. The highest BCUT2D eigenvalue weighted by Crippen LogP contribution is 2.56. The van der Waals surface area contributed by atoms with Crippen molar-refractivity contribution in [2.24, 2.45) is 11.8 Å². The van der Waals surface area contributed by atoms with Gasteiger partial charge in [0.1, 0.15) is 11.7 Å². The van der Waals surface area contributed by atoms with Gasteiger partial charge in [0.2, 0.25) is 0 Å². The van der Waals surface area contributed by atoms with Crippen molar-refractivity contribution in [2.45, 2.75) is 37.8 Å². The Bertz CT molecular complexity index is 216. The molecule has 0 bridgehead atoms. The lowest BCUT2D eigenvalue weighted by molar-refractivity contribution is -0.160. The summed E-state index contributed by atoms with van der Waals surface area (Å²) in [5.74, 6) is 0.0104. The second-order valence-electron chi connectivity index (χ2n) is 4.23. The average Bonchev–Trinajstić information content (AvgIpc) is 2.64. The molecule has 13 heavy (non-hydrogen) atoms. The molecule has 1 aliphatic carbocycles. The molecule has 5 unspecified atom stereocenters. The summed E-state index contributed by atoms with van der Waals surface area (Å²) in [4.78, 5) is 0. The molecule has 0 spiro atoms. The molecule has 2 fully saturated rings. The fourth-order valence-electron chi connectivity index (χ4n) is 2.49. The molecular weight excluding hydrogens is 172 g/mol. The smallest absolute Gasteiger partial charge is 0.125 e. The van der Waals surface area contributed by atoms with Crippen molar-refractivity contribution in [3.05, 3.63) is 0 Å². The molecule has 4 nitrogen and oxygen atoms in total. The van der Waals surface area contributed by atoms with E-state index in [1.807, 2.05) is 13.8 Å². The van der Waals surface area contributed by atoms with Crippen molar-refractivity contribution in [3.63, 3.8) is 0 Å². The maximum Gasteiger partial charge on any atom is 0.125 e. The van der Waals surface area contributed by atoms with E-state index >= 15 is 0 Å². The third-order valence-corrected chi connectivity index (χ3v) is 3.61. The van der Waals surface area contributed by atoms with Crippen LogP contribution in [-0.2, 0) is 4.74 Å². The topological polar surface area (TPSA) is 69.9 Å². The summed E-state index contributed by atoms with van der Waals surface area (Å²) >= 11 is 0. The van der Waals surface area contributed by atoms with Crippen LogP contribution in [0, 0.1) is 11.8 Å². The van der Waals surface area contributed by atoms with Crippen LogP contribution in [0.4, 0.5) is 0 Å². The van der Waals surface area contributed by atoms with Gasteiger partial charge >= 0.3 is 0 Å². The average molecular weight is 188 g/mol. The van der Waals surface area contributed by atoms with Crippen LogP contribution in [0.5, 0.6) is 0 Å². The van der Waals surface area contributed by atoms with Gasteiger partial charge in [-0.2, -0.15) is 0 Å². The van der Waals surface area contributed by atoms with Gasteiger partial charge in [-0.25, -0.2) is 0 Å². The predicted molar refractivity (Wildman–Crippen MR) is 45.0 cm³/mol. The Morgan fingerprint density at radius 1 is 1.38 bits per heavy atom. The number of ether oxygens (including phenoxy) is 1. The van der Waals surface area contributed by atoms with E-state index in [0.717, 1.165) is 0 Å². The van der Waals surface area contributed by atoms with Crippen molar-refractivity contribution in [1.29, 1.82) is 0 Å². The molecule has 0 aromatic carbocycles. The largest absolute Gasteiger partial charge is 0.394 e. The molecule has 3 N–H and O–H groups in total. The van der Waals surface area contributed by atoms with Crippen LogP contribution < -0.4 is 0 Å². The van der Waals surface area contributed by atoms with Crippen molar-refractivity contribution in [2.75, 3.05) is 6.61 Å². The van der Waals surface area contributed by atoms with E-state index in [9.17, 15) is 10.2 Å². The first-order chi connectivity index (χ1) is 6.03. The van der Waals surface area contributed by atoms with Gasteiger partial charge in [-0.1, -0.05) is 6.92 Å². The van der Waals surface area contributed by atoms with Crippen LogP contribution in [0.15, 0.2) is 0 Å². The fraction of sp³-hybridized carbons (Fsp3) is 1.00. The second-order valence-corrected chi connectivity index (χ2v) is 4.23. The minimum absolute atomic E-state index is 0.0143. The van der Waals surface area contributed by atoms with E-state index in [-0.39, 0.29) is 24.5 Å². The molecule has 0 aromatic rings. The molecule has 1 aliphatic heterocycles. The van der Waals surface area contributed by atoms with E-state index in [4.69, 9.17) is 9.84 Å². The Labute approximate surface area is 77.1 Å². The highest BCUT2D eigenvalue weighted by molar-refractivity contribution is 5.21. The first kappa shape index (κ1) is 9.40. The van der Waals surface area contributed by atoms with Crippen molar-refractivity contribution in [3.8, 4) is 0 Å². The number of aliphatic hydroxyl groups is 3. The fourth-order valence-corrected chi connectivity index (χ4v) is 2.49. The Balaban J connectivity index is 2.20. The summed E-state index contributed by atoms with van der Waals surface area (Å²) in [6.45, 7) is 3.61. The zero-order valence-corrected chi connectivity index (χ0v) is 7.84. The van der Waals surface area contributed by atoms with Crippen molar-refractivity contribution in [1.82, 2.24) is 0 Å². The summed E-state index contributed by atoms with van der Waals surface area (Å²) in [7, 11) is 0. The van der Waals surface area contributed by atoms with Gasteiger partial charge in [-0.3, -0.25) is 0 Å². The lowest BCUT2D eigenvalue weighted by Gasteiger charge is -2.34. The predicted octanol–water partition coefficient (Wildman–Crippen LogP) is -0.876. The quantitative estimate of drug-likeness (QED) is 0.500. The molecular formula is C9H16O4. The standard InChI is InChI=1S/C9H16O4/c1-4-5(2)13-6(3-10)9(12)7(4)8(9)11/h4-8,10-12H,3H2,1-2H3/t4?,5-,6?,7?,8?,9?/m1/s1. The van der Waals surface area contributed by atoms with Gasteiger partial charge in [0.25, 0.3) is 0 Å². The minimum atomic E-state index is -1.19. The first-order valence-electron chi connectivity index (χ1n) is 4.70. The third kappa shape index (κ3) is 1.00. The van der Waals surface area contributed by atoms with E-state index in [1.54, 1.807) is 0 Å². The van der Waals surface area contributed by atoms with Crippen LogP contribution >= 0.6 is 0 Å². The first-order valence-corrected chi connectivity index (χ1v) is 4.70. The van der Waals surface area contributed by atoms with E-state index in [2.05, 4.69) is 0 Å². The number of rotatable bonds is 1. The zero-order valence-electron chi connectivity index (χ0n) is 7.84. The summed E-state index contributed by atoms with van der Waals surface area (Å²) in [5, 5.41) is 28.4. The van der Waals surface area contributed by atoms with Gasteiger partial charge in [0, 0.05) is 5.92 Å². The minimum Gasteiger partial charge on any atom is -0.394 e. The van der Waals surface area contributed by atoms with Crippen molar-refractivity contribution >= 4 is 0 Å². The Kier molecular flexibility index (Phi) is 1.93. The maximum absolute atomic E-state index is 9.93. The number of hydrogen-bond acceptors (Lipinski definition) is 4. The lowest BCUT2D eigenvalue weighted by atomic mass is 9.92.